The number of rotatable bonds is 2. The third kappa shape index (κ3) is 1.69. The summed E-state index contributed by atoms with van der Waals surface area (Å²) in [6, 6.07) is 5.54. The molecule has 1 aliphatic heterocycles. The van der Waals surface area contributed by atoms with E-state index in [0.29, 0.717) is 5.69 Å². The van der Waals surface area contributed by atoms with Gasteiger partial charge in [0.2, 0.25) is 5.76 Å². The van der Waals surface area contributed by atoms with Crippen LogP contribution in [-0.4, -0.2) is 18.9 Å². The summed E-state index contributed by atoms with van der Waals surface area (Å²) in [6.07, 6.45) is 0. The summed E-state index contributed by atoms with van der Waals surface area (Å²) in [5.74, 6) is -1.18. The fourth-order valence-electron chi connectivity index (χ4n) is 2.02. The molecule has 0 N–H and O–H groups in total. The van der Waals surface area contributed by atoms with Crippen molar-refractivity contribution in [2.24, 2.45) is 0 Å². The molecule has 94 valence electrons. The Kier molecular flexibility index (Phi) is 3.13. The molecule has 0 fully saturated rings. The number of methoxy groups -OCH3 is 1. The first-order chi connectivity index (χ1) is 8.49. The minimum Gasteiger partial charge on any atom is -0.490 e. The van der Waals surface area contributed by atoms with Crippen LogP contribution in [0.2, 0.25) is 0 Å². The average Bonchev–Trinajstić information content (AvgIpc) is 2.53. The van der Waals surface area contributed by atoms with Gasteiger partial charge < -0.3 is 4.74 Å². The SMILES string of the molecule is COC1=C(Cl)C(=O)N(c2c(C)cccc2C)C1=O. The van der Waals surface area contributed by atoms with Crippen LogP contribution in [0.25, 0.3) is 0 Å². The number of amides is 2. The van der Waals surface area contributed by atoms with E-state index in [4.69, 9.17) is 16.3 Å². The van der Waals surface area contributed by atoms with Crippen molar-refractivity contribution in [3.63, 3.8) is 0 Å². The topological polar surface area (TPSA) is 46.6 Å². The van der Waals surface area contributed by atoms with Crippen molar-refractivity contribution in [1.82, 2.24) is 0 Å². The molecular formula is C13H12ClNO3. The molecule has 0 aromatic heterocycles. The van der Waals surface area contributed by atoms with Gasteiger partial charge in [-0.1, -0.05) is 29.8 Å². The first-order valence-corrected chi connectivity index (χ1v) is 5.75. The number of carbonyl (C=O) groups excluding carboxylic acids is 2. The second-order valence-corrected chi connectivity index (χ2v) is 4.41. The number of imide groups is 1. The molecule has 0 saturated heterocycles. The average molecular weight is 266 g/mol. The molecule has 0 unspecified atom stereocenters. The van der Waals surface area contributed by atoms with Crippen LogP contribution in [0.4, 0.5) is 5.69 Å². The fourth-order valence-corrected chi connectivity index (χ4v) is 2.26. The van der Waals surface area contributed by atoms with E-state index in [1.807, 2.05) is 32.0 Å². The maximum absolute atomic E-state index is 12.1. The number of aryl methyl sites for hydroxylation is 2. The molecule has 18 heavy (non-hydrogen) atoms. The Morgan fingerprint density at radius 2 is 1.67 bits per heavy atom. The number of halogens is 1. The standard InChI is InChI=1S/C13H12ClNO3/c1-7-5-4-6-8(2)10(7)15-12(16)9(14)11(18-3)13(15)17/h4-6H,1-3H3. The number of ether oxygens (including phenoxy) is 1. The van der Waals surface area contributed by atoms with Gasteiger partial charge in [-0.15, -0.1) is 0 Å². The molecule has 2 amide bonds. The summed E-state index contributed by atoms with van der Waals surface area (Å²) in [5.41, 5.74) is 2.23. The molecule has 0 radical (unpaired) electrons. The predicted octanol–water partition coefficient (Wildman–Crippen LogP) is 2.27. The van der Waals surface area contributed by atoms with Crippen LogP contribution >= 0.6 is 11.6 Å². The zero-order valence-electron chi connectivity index (χ0n) is 10.3. The van der Waals surface area contributed by atoms with Gasteiger partial charge in [-0.25, -0.2) is 4.90 Å². The van der Waals surface area contributed by atoms with E-state index in [1.54, 1.807) is 0 Å². The zero-order chi connectivity index (χ0) is 13.4. The van der Waals surface area contributed by atoms with Gasteiger partial charge in [0, 0.05) is 0 Å². The summed E-state index contributed by atoms with van der Waals surface area (Å²) >= 11 is 5.82. The number of hydrogen-bond donors (Lipinski definition) is 0. The molecular weight excluding hydrogens is 254 g/mol. The van der Waals surface area contributed by atoms with Gasteiger partial charge in [-0.05, 0) is 25.0 Å². The summed E-state index contributed by atoms with van der Waals surface area (Å²) in [4.78, 5) is 25.2. The van der Waals surface area contributed by atoms with Crippen molar-refractivity contribution in [3.05, 3.63) is 40.1 Å². The van der Waals surface area contributed by atoms with Crippen molar-refractivity contribution in [2.75, 3.05) is 12.0 Å². The lowest BCUT2D eigenvalue weighted by atomic mass is 10.1. The van der Waals surface area contributed by atoms with Crippen molar-refractivity contribution in [3.8, 4) is 0 Å². The lowest BCUT2D eigenvalue weighted by Gasteiger charge is -2.19. The number of anilines is 1. The quantitative estimate of drug-likeness (QED) is 0.771. The summed E-state index contributed by atoms with van der Waals surface area (Å²) in [5, 5.41) is -0.176. The Morgan fingerprint density at radius 3 is 2.11 bits per heavy atom. The van der Waals surface area contributed by atoms with Gasteiger partial charge >= 0.3 is 5.91 Å². The molecule has 5 heteroatoms. The highest BCUT2D eigenvalue weighted by atomic mass is 35.5. The van der Waals surface area contributed by atoms with Gasteiger partial charge in [-0.2, -0.15) is 0 Å². The van der Waals surface area contributed by atoms with Crippen LogP contribution < -0.4 is 4.90 Å². The Balaban J connectivity index is 2.56. The minimum absolute atomic E-state index is 0.107. The van der Waals surface area contributed by atoms with E-state index in [-0.39, 0.29) is 10.8 Å². The van der Waals surface area contributed by atoms with Crippen LogP contribution in [0.1, 0.15) is 11.1 Å². The maximum Gasteiger partial charge on any atom is 0.302 e. The van der Waals surface area contributed by atoms with E-state index >= 15 is 0 Å². The highest BCUT2D eigenvalue weighted by Crippen LogP contribution is 2.33. The molecule has 0 spiro atoms. The van der Waals surface area contributed by atoms with E-state index < -0.39 is 11.8 Å². The Bertz CT molecular complexity index is 557. The highest BCUT2D eigenvalue weighted by Gasteiger charge is 2.40. The second-order valence-electron chi connectivity index (χ2n) is 4.03. The number of nitrogens with zero attached hydrogens (tertiary/aromatic N) is 1. The number of hydrogen-bond acceptors (Lipinski definition) is 3. The van der Waals surface area contributed by atoms with Crippen LogP contribution in [0.5, 0.6) is 0 Å². The van der Waals surface area contributed by atoms with E-state index in [1.165, 1.54) is 7.11 Å². The molecule has 1 aliphatic rings. The third-order valence-corrected chi connectivity index (χ3v) is 3.19. The van der Waals surface area contributed by atoms with Crippen LogP contribution in [0, 0.1) is 13.8 Å². The summed E-state index contributed by atoms with van der Waals surface area (Å²) in [6.45, 7) is 3.67. The molecule has 2 rings (SSSR count). The lowest BCUT2D eigenvalue weighted by Crippen LogP contribution is -2.32. The van der Waals surface area contributed by atoms with Crippen LogP contribution in [-0.2, 0) is 14.3 Å². The smallest absolute Gasteiger partial charge is 0.302 e. The molecule has 1 heterocycles. The molecule has 0 aliphatic carbocycles. The molecule has 1 aromatic carbocycles. The summed E-state index contributed by atoms with van der Waals surface area (Å²) in [7, 11) is 1.32. The van der Waals surface area contributed by atoms with E-state index in [9.17, 15) is 9.59 Å². The van der Waals surface area contributed by atoms with Crippen LogP contribution in [0.15, 0.2) is 29.0 Å². The van der Waals surface area contributed by atoms with E-state index in [2.05, 4.69) is 0 Å². The molecule has 0 bridgehead atoms. The maximum atomic E-state index is 12.1. The first-order valence-electron chi connectivity index (χ1n) is 5.37. The molecule has 1 aromatic rings. The highest BCUT2D eigenvalue weighted by molar-refractivity contribution is 6.52. The van der Waals surface area contributed by atoms with Crippen molar-refractivity contribution in [1.29, 1.82) is 0 Å². The number of benzene rings is 1. The number of carbonyl (C=O) groups is 2. The Labute approximate surface area is 110 Å². The van der Waals surface area contributed by atoms with Gasteiger partial charge in [0.05, 0.1) is 12.8 Å². The van der Waals surface area contributed by atoms with E-state index in [0.717, 1.165) is 16.0 Å². The van der Waals surface area contributed by atoms with Crippen molar-refractivity contribution in [2.45, 2.75) is 13.8 Å². The largest absolute Gasteiger partial charge is 0.490 e. The molecule has 4 nitrogen and oxygen atoms in total. The lowest BCUT2D eigenvalue weighted by molar-refractivity contribution is -0.121. The van der Waals surface area contributed by atoms with Crippen molar-refractivity contribution < 1.29 is 14.3 Å². The normalized spacial score (nSPS) is 15.7. The summed E-state index contributed by atoms with van der Waals surface area (Å²) < 4.78 is 4.87. The second kappa shape index (κ2) is 4.46. The predicted molar refractivity (Wildman–Crippen MR) is 68.3 cm³/mol. The molecule has 0 saturated carbocycles. The minimum atomic E-state index is -0.545. The molecule has 0 atom stereocenters. The van der Waals surface area contributed by atoms with Gasteiger partial charge in [-0.3, -0.25) is 9.59 Å². The zero-order valence-corrected chi connectivity index (χ0v) is 11.0. The Hall–Kier alpha value is -1.81. The van der Waals surface area contributed by atoms with Gasteiger partial charge in [0.1, 0.15) is 0 Å². The van der Waals surface area contributed by atoms with Crippen molar-refractivity contribution >= 4 is 29.1 Å². The third-order valence-electron chi connectivity index (χ3n) is 2.85. The van der Waals surface area contributed by atoms with Gasteiger partial charge in [0.15, 0.2) is 5.03 Å². The Morgan fingerprint density at radius 1 is 1.11 bits per heavy atom. The van der Waals surface area contributed by atoms with Gasteiger partial charge in [0.25, 0.3) is 5.91 Å². The first kappa shape index (κ1) is 12.6. The fraction of sp³-hybridized carbons (Fsp3) is 0.231. The monoisotopic (exact) mass is 265 g/mol. The van der Waals surface area contributed by atoms with Crippen LogP contribution in [0.3, 0.4) is 0 Å². The number of para-hydroxylation sites is 1.